The molecule has 0 unspecified atom stereocenters. The normalized spacial score (nSPS) is 12.2. The molecule has 0 aliphatic rings. The summed E-state index contributed by atoms with van der Waals surface area (Å²) in [5, 5.41) is 7.82. The fourth-order valence-electron chi connectivity index (χ4n) is 3.69. The molecule has 32 heavy (non-hydrogen) atoms. The van der Waals surface area contributed by atoms with Crippen molar-refractivity contribution in [1.29, 1.82) is 0 Å². The van der Waals surface area contributed by atoms with E-state index in [4.69, 9.17) is 15.7 Å². The second-order valence-electron chi connectivity index (χ2n) is 7.72. The zero-order chi connectivity index (χ0) is 21.9. The number of rotatable bonds is 7. The SMILES string of the molecule is Cc1ccsc1-c1csc2c(NC[C@@H](N)Cc3ccccc3)nc(-c3ccncc3)nc12. The van der Waals surface area contributed by atoms with Crippen LogP contribution in [0.3, 0.4) is 0 Å². The van der Waals surface area contributed by atoms with E-state index in [1.807, 2.05) is 30.3 Å². The number of nitrogens with zero attached hydrogens (tertiary/aromatic N) is 3. The lowest BCUT2D eigenvalue weighted by atomic mass is 10.1. The number of hydrogen-bond donors (Lipinski definition) is 2. The monoisotopic (exact) mass is 457 g/mol. The van der Waals surface area contributed by atoms with E-state index >= 15 is 0 Å². The molecule has 0 radical (unpaired) electrons. The highest BCUT2D eigenvalue weighted by molar-refractivity contribution is 7.19. The molecule has 1 aromatic carbocycles. The Morgan fingerprint density at radius 1 is 1.00 bits per heavy atom. The molecule has 0 saturated carbocycles. The van der Waals surface area contributed by atoms with Crippen molar-refractivity contribution in [2.24, 2.45) is 5.73 Å². The van der Waals surface area contributed by atoms with Gasteiger partial charge in [-0.05, 0) is 48.1 Å². The van der Waals surface area contributed by atoms with Crippen LogP contribution in [-0.2, 0) is 6.42 Å². The number of anilines is 1. The van der Waals surface area contributed by atoms with Crippen LogP contribution in [0.5, 0.6) is 0 Å². The van der Waals surface area contributed by atoms with Gasteiger partial charge in [-0.2, -0.15) is 0 Å². The van der Waals surface area contributed by atoms with Crippen LogP contribution in [-0.4, -0.2) is 27.5 Å². The van der Waals surface area contributed by atoms with Gasteiger partial charge in [0, 0.05) is 46.4 Å². The Kier molecular flexibility index (Phi) is 5.94. The quantitative estimate of drug-likeness (QED) is 0.324. The molecule has 0 saturated heterocycles. The zero-order valence-corrected chi connectivity index (χ0v) is 19.3. The molecule has 4 aromatic heterocycles. The summed E-state index contributed by atoms with van der Waals surface area (Å²) >= 11 is 3.42. The fourth-order valence-corrected chi connectivity index (χ4v) is 5.68. The highest BCUT2D eigenvalue weighted by Crippen LogP contribution is 2.40. The van der Waals surface area contributed by atoms with Crippen molar-refractivity contribution < 1.29 is 0 Å². The molecule has 0 spiro atoms. The molecule has 0 aliphatic carbocycles. The minimum atomic E-state index is -0.0224. The lowest BCUT2D eigenvalue weighted by molar-refractivity contribution is 0.698. The Hall–Kier alpha value is -3.13. The van der Waals surface area contributed by atoms with Gasteiger partial charge in [-0.1, -0.05) is 30.3 Å². The van der Waals surface area contributed by atoms with Crippen LogP contribution in [0, 0.1) is 6.92 Å². The van der Waals surface area contributed by atoms with Gasteiger partial charge in [0.15, 0.2) is 5.82 Å². The van der Waals surface area contributed by atoms with Gasteiger partial charge < -0.3 is 11.1 Å². The molecule has 0 fully saturated rings. The average molecular weight is 458 g/mol. The number of thiophene rings is 2. The topological polar surface area (TPSA) is 76.7 Å². The largest absolute Gasteiger partial charge is 0.367 e. The summed E-state index contributed by atoms with van der Waals surface area (Å²) in [6.45, 7) is 2.77. The predicted octanol–water partition coefficient (Wildman–Crippen LogP) is 5.77. The number of hydrogen-bond acceptors (Lipinski definition) is 7. The Bertz CT molecular complexity index is 1330. The van der Waals surface area contributed by atoms with Crippen LogP contribution in [0.1, 0.15) is 11.1 Å². The third kappa shape index (κ3) is 4.27. The third-order valence-electron chi connectivity index (χ3n) is 5.33. The van der Waals surface area contributed by atoms with Crippen molar-refractivity contribution in [3.05, 3.63) is 82.8 Å². The predicted molar refractivity (Wildman–Crippen MR) is 135 cm³/mol. The highest BCUT2D eigenvalue weighted by Gasteiger charge is 2.18. The summed E-state index contributed by atoms with van der Waals surface area (Å²) in [6.07, 6.45) is 4.34. The van der Waals surface area contributed by atoms with Crippen molar-refractivity contribution in [2.75, 3.05) is 11.9 Å². The van der Waals surface area contributed by atoms with E-state index in [1.165, 1.54) is 16.0 Å². The number of aromatic nitrogens is 3. The number of aryl methyl sites for hydroxylation is 1. The van der Waals surface area contributed by atoms with Crippen molar-refractivity contribution in [3.63, 3.8) is 0 Å². The average Bonchev–Trinajstić information content (AvgIpc) is 3.44. The maximum absolute atomic E-state index is 6.44. The minimum Gasteiger partial charge on any atom is -0.367 e. The van der Waals surface area contributed by atoms with Gasteiger partial charge in [-0.15, -0.1) is 22.7 Å². The second kappa shape index (κ2) is 9.16. The van der Waals surface area contributed by atoms with E-state index in [-0.39, 0.29) is 6.04 Å². The molecule has 7 heteroatoms. The van der Waals surface area contributed by atoms with Crippen molar-refractivity contribution in [2.45, 2.75) is 19.4 Å². The standard InChI is InChI=1S/C25H23N5S2/c1-16-9-12-31-22(16)20-15-32-23-21(20)29-24(18-7-10-27-11-8-18)30-25(23)28-14-19(26)13-17-5-3-2-4-6-17/h2-12,15,19H,13-14,26H2,1H3,(H,28,29,30)/t19-/m0/s1. The van der Waals surface area contributed by atoms with Gasteiger partial charge in [0.1, 0.15) is 5.82 Å². The number of nitrogens with one attached hydrogen (secondary N) is 1. The van der Waals surface area contributed by atoms with Gasteiger partial charge in [-0.3, -0.25) is 4.98 Å². The molecule has 0 amide bonds. The van der Waals surface area contributed by atoms with Gasteiger partial charge in [0.25, 0.3) is 0 Å². The summed E-state index contributed by atoms with van der Waals surface area (Å²) < 4.78 is 1.05. The Morgan fingerprint density at radius 2 is 1.81 bits per heavy atom. The maximum atomic E-state index is 6.44. The zero-order valence-electron chi connectivity index (χ0n) is 17.7. The summed E-state index contributed by atoms with van der Waals surface area (Å²) in [4.78, 5) is 15.2. The van der Waals surface area contributed by atoms with Crippen LogP contribution in [0.25, 0.3) is 32.0 Å². The van der Waals surface area contributed by atoms with Gasteiger partial charge in [-0.25, -0.2) is 9.97 Å². The molecule has 1 atom stereocenters. The number of fused-ring (bicyclic) bond motifs is 1. The van der Waals surface area contributed by atoms with E-state index in [0.717, 1.165) is 33.6 Å². The Labute approximate surface area is 195 Å². The first-order valence-electron chi connectivity index (χ1n) is 10.5. The first kappa shape index (κ1) is 20.8. The van der Waals surface area contributed by atoms with Crippen LogP contribution >= 0.6 is 22.7 Å². The first-order chi connectivity index (χ1) is 15.7. The number of benzene rings is 1. The summed E-state index contributed by atoms with van der Waals surface area (Å²) in [6, 6.07) is 16.3. The lowest BCUT2D eigenvalue weighted by Gasteiger charge is -2.14. The summed E-state index contributed by atoms with van der Waals surface area (Å²) in [7, 11) is 0. The summed E-state index contributed by atoms with van der Waals surface area (Å²) in [5.74, 6) is 1.52. The van der Waals surface area contributed by atoms with Crippen molar-refractivity contribution >= 4 is 38.7 Å². The maximum Gasteiger partial charge on any atom is 0.162 e. The van der Waals surface area contributed by atoms with Crippen LogP contribution in [0.2, 0.25) is 0 Å². The first-order valence-corrected chi connectivity index (χ1v) is 12.2. The molecule has 5 aromatic rings. The molecule has 5 nitrogen and oxygen atoms in total. The molecule has 4 heterocycles. The molecule has 3 N–H and O–H groups in total. The highest BCUT2D eigenvalue weighted by atomic mass is 32.1. The van der Waals surface area contributed by atoms with E-state index in [0.29, 0.717) is 12.4 Å². The molecular weight excluding hydrogens is 434 g/mol. The minimum absolute atomic E-state index is 0.0224. The van der Waals surface area contributed by atoms with E-state index < -0.39 is 0 Å². The van der Waals surface area contributed by atoms with E-state index in [9.17, 15) is 0 Å². The lowest BCUT2D eigenvalue weighted by Crippen LogP contribution is -2.31. The van der Waals surface area contributed by atoms with Gasteiger partial charge >= 0.3 is 0 Å². The van der Waals surface area contributed by atoms with E-state index in [2.05, 4.69) is 46.2 Å². The number of nitrogens with two attached hydrogens (primary N) is 1. The van der Waals surface area contributed by atoms with Gasteiger partial charge in [0.2, 0.25) is 0 Å². The molecule has 0 bridgehead atoms. The molecule has 160 valence electrons. The van der Waals surface area contributed by atoms with Crippen LogP contribution in [0.15, 0.2) is 71.7 Å². The van der Waals surface area contributed by atoms with E-state index in [1.54, 1.807) is 35.1 Å². The Morgan fingerprint density at radius 3 is 2.56 bits per heavy atom. The Balaban J connectivity index is 1.51. The van der Waals surface area contributed by atoms with Crippen molar-refractivity contribution in [3.8, 4) is 21.8 Å². The van der Waals surface area contributed by atoms with Crippen LogP contribution < -0.4 is 11.1 Å². The van der Waals surface area contributed by atoms with Crippen molar-refractivity contribution in [1.82, 2.24) is 15.0 Å². The second-order valence-corrected chi connectivity index (χ2v) is 9.52. The van der Waals surface area contributed by atoms with Crippen LogP contribution in [0.4, 0.5) is 5.82 Å². The molecule has 0 aliphatic heterocycles. The molecule has 5 rings (SSSR count). The third-order valence-corrected chi connectivity index (χ3v) is 7.36. The smallest absolute Gasteiger partial charge is 0.162 e. The van der Waals surface area contributed by atoms with Gasteiger partial charge in [0.05, 0.1) is 10.2 Å². The summed E-state index contributed by atoms with van der Waals surface area (Å²) in [5.41, 5.74) is 12.0. The number of pyridine rings is 1. The molecular formula is C25H23N5S2. The fraction of sp³-hybridized carbons (Fsp3) is 0.160.